The van der Waals surface area contributed by atoms with Gasteiger partial charge < -0.3 is 15.5 Å². The Morgan fingerprint density at radius 1 is 1.59 bits per heavy atom. The molecule has 7 heteroatoms. The predicted octanol–water partition coefficient (Wildman–Crippen LogP) is 1.43. The van der Waals surface area contributed by atoms with Crippen LogP contribution in [0.2, 0.25) is 0 Å². The second kappa shape index (κ2) is 5.95. The molecule has 3 N–H and O–H groups in total. The van der Waals surface area contributed by atoms with Crippen LogP contribution in [0.4, 0.5) is 11.4 Å². The van der Waals surface area contributed by atoms with Crippen molar-refractivity contribution in [3.05, 3.63) is 32.3 Å². The zero-order chi connectivity index (χ0) is 13.0. The molecule has 0 radical (unpaired) electrons. The highest BCUT2D eigenvalue weighted by Gasteiger charge is 2.13. The molecule has 0 heterocycles. The SMILES string of the molecule is Cc1cc([N+](=O)[O-])cc(Br)c1NCC(O)CO. The van der Waals surface area contributed by atoms with E-state index in [-0.39, 0.29) is 18.8 Å². The van der Waals surface area contributed by atoms with Crippen molar-refractivity contribution in [3.8, 4) is 0 Å². The maximum absolute atomic E-state index is 10.6. The minimum Gasteiger partial charge on any atom is -0.394 e. The van der Waals surface area contributed by atoms with Crippen molar-refractivity contribution in [1.29, 1.82) is 0 Å². The predicted molar refractivity (Wildman–Crippen MR) is 67.1 cm³/mol. The number of nitrogens with zero attached hydrogens (tertiary/aromatic N) is 1. The van der Waals surface area contributed by atoms with Gasteiger partial charge in [-0.05, 0) is 28.4 Å². The van der Waals surface area contributed by atoms with Crippen molar-refractivity contribution in [1.82, 2.24) is 0 Å². The number of hydrogen-bond donors (Lipinski definition) is 3. The number of halogens is 1. The number of non-ortho nitro benzene ring substituents is 1. The fourth-order valence-electron chi connectivity index (χ4n) is 1.34. The van der Waals surface area contributed by atoms with E-state index in [9.17, 15) is 15.2 Å². The van der Waals surface area contributed by atoms with Gasteiger partial charge in [0.15, 0.2) is 0 Å². The van der Waals surface area contributed by atoms with Crippen LogP contribution in [0.3, 0.4) is 0 Å². The molecule has 0 saturated carbocycles. The number of aliphatic hydroxyl groups is 2. The van der Waals surface area contributed by atoms with Gasteiger partial charge in [0.25, 0.3) is 5.69 Å². The third kappa shape index (κ3) is 3.65. The highest BCUT2D eigenvalue weighted by Crippen LogP contribution is 2.30. The molecule has 0 fully saturated rings. The first kappa shape index (κ1) is 13.9. The van der Waals surface area contributed by atoms with Gasteiger partial charge >= 0.3 is 0 Å². The van der Waals surface area contributed by atoms with E-state index in [4.69, 9.17) is 5.11 Å². The first-order valence-electron chi connectivity index (χ1n) is 4.93. The van der Waals surface area contributed by atoms with Gasteiger partial charge in [-0.1, -0.05) is 0 Å². The van der Waals surface area contributed by atoms with Crippen LogP contribution in [0.1, 0.15) is 5.56 Å². The monoisotopic (exact) mass is 304 g/mol. The van der Waals surface area contributed by atoms with Crippen LogP contribution in [-0.4, -0.2) is 34.4 Å². The molecule has 0 aliphatic heterocycles. The average molecular weight is 305 g/mol. The highest BCUT2D eigenvalue weighted by molar-refractivity contribution is 9.10. The lowest BCUT2D eigenvalue weighted by Gasteiger charge is -2.14. The third-order valence-corrected chi connectivity index (χ3v) is 2.83. The van der Waals surface area contributed by atoms with Crippen LogP contribution in [0, 0.1) is 17.0 Å². The van der Waals surface area contributed by atoms with Gasteiger partial charge in [0.1, 0.15) is 0 Å². The van der Waals surface area contributed by atoms with Gasteiger partial charge in [-0.2, -0.15) is 0 Å². The average Bonchev–Trinajstić information content (AvgIpc) is 2.27. The van der Waals surface area contributed by atoms with E-state index >= 15 is 0 Å². The fourth-order valence-corrected chi connectivity index (χ4v) is 2.03. The molecule has 94 valence electrons. The number of hydrogen-bond acceptors (Lipinski definition) is 5. The number of aryl methyl sites for hydroxylation is 1. The Labute approximate surface area is 107 Å². The number of nitro groups is 1. The number of anilines is 1. The Morgan fingerprint density at radius 2 is 2.24 bits per heavy atom. The van der Waals surface area contributed by atoms with E-state index < -0.39 is 11.0 Å². The summed E-state index contributed by atoms with van der Waals surface area (Å²) in [7, 11) is 0. The van der Waals surface area contributed by atoms with E-state index in [1.54, 1.807) is 6.92 Å². The molecule has 0 saturated heterocycles. The Balaban J connectivity index is 2.90. The summed E-state index contributed by atoms with van der Waals surface area (Å²) in [5.74, 6) is 0. The summed E-state index contributed by atoms with van der Waals surface area (Å²) in [6.07, 6.45) is -0.864. The molecule has 17 heavy (non-hydrogen) atoms. The first-order chi connectivity index (χ1) is 7.95. The molecule has 1 unspecified atom stereocenters. The van der Waals surface area contributed by atoms with Crippen LogP contribution >= 0.6 is 15.9 Å². The molecule has 0 bridgehead atoms. The van der Waals surface area contributed by atoms with Crippen molar-refractivity contribution in [2.24, 2.45) is 0 Å². The van der Waals surface area contributed by atoms with E-state index in [1.807, 2.05) is 0 Å². The maximum Gasteiger partial charge on any atom is 0.270 e. The third-order valence-electron chi connectivity index (χ3n) is 2.21. The van der Waals surface area contributed by atoms with Crippen LogP contribution in [0.15, 0.2) is 16.6 Å². The van der Waals surface area contributed by atoms with Crippen molar-refractivity contribution < 1.29 is 15.1 Å². The molecule has 0 aliphatic carbocycles. The van der Waals surface area contributed by atoms with E-state index in [0.717, 1.165) is 0 Å². The molecule has 0 amide bonds. The Kier molecular flexibility index (Phi) is 4.86. The second-order valence-electron chi connectivity index (χ2n) is 3.59. The van der Waals surface area contributed by atoms with Crippen molar-refractivity contribution in [2.75, 3.05) is 18.5 Å². The van der Waals surface area contributed by atoms with Gasteiger partial charge in [-0.3, -0.25) is 10.1 Å². The second-order valence-corrected chi connectivity index (χ2v) is 4.45. The summed E-state index contributed by atoms with van der Waals surface area (Å²) in [5.41, 5.74) is 1.36. The number of nitro benzene ring substituents is 1. The summed E-state index contributed by atoms with van der Waals surface area (Å²) >= 11 is 3.23. The van der Waals surface area contributed by atoms with Gasteiger partial charge in [0.05, 0.1) is 23.3 Å². The Morgan fingerprint density at radius 3 is 2.71 bits per heavy atom. The van der Waals surface area contributed by atoms with Gasteiger partial charge in [0, 0.05) is 23.2 Å². The first-order valence-corrected chi connectivity index (χ1v) is 5.72. The van der Waals surface area contributed by atoms with Gasteiger partial charge in [-0.25, -0.2) is 0 Å². The van der Waals surface area contributed by atoms with Crippen LogP contribution in [0.25, 0.3) is 0 Å². The van der Waals surface area contributed by atoms with E-state index in [1.165, 1.54) is 12.1 Å². The number of aliphatic hydroxyl groups excluding tert-OH is 2. The van der Waals surface area contributed by atoms with Crippen molar-refractivity contribution in [2.45, 2.75) is 13.0 Å². The number of rotatable bonds is 5. The smallest absolute Gasteiger partial charge is 0.270 e. The maximum atomic E-state index is 10.6. The fraction of sp³-hybridized carbons (Fsp3) is 0.400. The normalized spacial score (nSPS) is 12.2. The lowest BCUT2D eigenvalue weighted by Crippen LogP contribution is -2.23. The van der Waals surface area contributed by atoms with E-state index in [2.05, 4.69) is 21.2 Å². The van der Waals surface area contributed by atoms with Gasteiger partial charge in [-0.15, -0.1) is 0 Å². The summed E-state index contributed by atoms with van der Waals surface area (Å²) in [6.45, 7) is 1.57. The molecule has 0 spiro atoms. The van der Waals surface area contributed by atoms with E-state index in [0.29, 0.717) is 15.7 Å². The topological polar surface area (TPSA) is 95.6 Å². The lowest BCUT2D eigenvalue weighted by molar-refractivity contribution is -0.385. The summed E-state index contributed by atoms with van der Waals surface area (Å²) < 4.78 is 0.550. The minimum atomic E-state index is -0.864. The molecule has 0 aromatic heterocycles. The number of benzene rings is 1. The van der Waals surface area contributed by atoms with Crippen LogP contribution in [0.5, 0.6) is 0 Å². The highest BCUT2D eigenvalue weighted by atomic mass is 79.9. The summed E-state index contributed by atoms with van der Waals surface area (Å²) in [6, 6.07) is 2.83. The van der Waals surface area contributed by atoms with Crippen molar-refractivity contribution >= 4 is 27.3 Å². The molecule has 1 rings (SSSR count). The zero-order valence-electron chi connectivity index (χ0n) is 9.18. The zero-order valence-corrected chi connectivity index (χ0v) is 10.8. The Hall–Kier alpha value is -1.18. The van der Waals surface area contributed by atoms with Crippen LogP contribution in [-0.2, 0) is 0 Å². The lowest BCUT2D eigenvalue weighted by atomic mass is 10.1. The van der Waals surface area contributed by atoms with Crippen LogP contribution < -0.4 is 5.32 Å². The summed E-state index contributed by atoms with van der Waals surface area (Å²) in [4.78, 5) is 10.2. The Bertz CT molecular complexity index is 402. The quantitative estimate of drug-likeness (QED) is 0.565. The van der Waals surface area contributed by atoms with Crippen molar-refractivity contribution in [3.63, 3.8) is 0 Å². The molecule has 1 aromatic carbocycles. The van der Waals surface area contributed by atoms with Gasteiger partial charge in [0.2, 0.25) is 0 Å². The molecular formula is C10H13BrN2O4. The number of nitrogens with one attached hydrogen (secondary N) is 1. The molecule has 6 nitrogen and oxygen atoms in total. The molecule has 1 aromatic rings. The molecular weight excluding hydrogens is 292 g/mol. The minimum absolute atomic E-state index is 0.00244. The molecule has 0 aliphatic rings. The summed E-state index contributed by atoms with van der Waals surface area (Å²) in [5, 5.41) is 31.4. The molecule has 1 atom stereocenters. The standard InChI is InChI=1S/C10H13BrN2O4/c1-6-2-7(13(16)17)3-9(11)10(6)12-4-8(15)5-14/h2-3,8,12,14-15H,4-5H2,1H3. The largest absolute Gasteiger partial charge is 0.394 e.